The predicted molar refractivity (Wildman–Crippen MR) is 186 cm³/mol. The van der Waals surface area contributed by atoms with Crippen molar-refractivity contribution >= 4 is 50.9 Å². The van der Waals surface area contributed by atoms with E-state index in [1.807, 2.05) is 26.0 Å². The Morgan fingerprint density at radius 3 is 2.54 bits per heavy atom. The normalized spacial score (nSPS) is 27.6. The molecule has 1 aromatic heterocycles. The first kappa shape index (κ1) is 37.8. The number of ether oxygens (including phenoxy) is 1. The van der Waals surface area contributed by atoms with Crippen LogP contribution in [0.4, 0.5) is 23.7 Å². The van der Waals surface area contributed by atoms with Crippen molar-refractivity contribution in [3.63, 3.8) is 0 Å². The van der Waals surface area contributed by atoms with Crippen molar-refractivity contribution in [2.24, 2.45) is 17.8 Å². The molecule has 3 saturated carbocycles. The number of anilines is 1. The smallest absolute Gasteiger partial charge is 0.416 e. The lowest BCUT2D eigenvalue weighted by molar-refractivity contribution is -0.140. The molecule has 3 fully saturated rings. The average Bonchev–Trinajstić information content (AvgIpc) is 3.94. The lowest BCUT2D eigenvalue weighted by atomic mass is 9.93. The summed E-state index contributed by atoms with van der Waals surface area (Å²) in [6, 6.07) is 2.95. The number of rotatable bonds is 7. The lowest BCUT2D eigenvalue weighted by Crippen LogP contribution is -2.54. The summed E-state index contributed by atoms with van der Waals surface area (Å²) < 4.78 is 74.3. The van der Waals surface area contributed by atoms with Crippen LogP contribution in [0.2, 0.25) is 0 Å². The van der Waals surface area contributed by atoms with Gasteiger partial charge in [0.05, 0.1) is 34.0 Å². The van der Waals surface area contributed by atoms with E-state index in [0.717, 1.165) is 24.2 Å². The fraction of sp³-hybridized carbons (Fsp3) is 0.571. The number of sulfonamides is 1. The third kappa shape index (κ3) is 8.14. The van der Waals surface area contributed by atoms with Crippen LogP contribution >= 0.6 is 11.3 Å². The minimum Gasteiger partial charge on any atom is -0.446 e. The van der Waals surface area contributed by atoms with E-state index in [4.69, 9.17) is 4.74 Å². The fourth-order valence-electron chi connectivity index (χ4n) is 6.87. The predicted octanol–water partition coefficient (Wildman–Crippen LogP) is 5.58. The zero-order valence-corrected chi connectivity index (χ0v) is 30.6. The number of hydrogen-bond acceptors (Lipinski definition) is 9. The van der Waals surface area contributed by atoms with Crippen LogP contribution in [0.25, 0.3) is 10.6 Å². The highest BCUT2D eigenvalue weighted by Gasteiger charge is 2.62. The van der Waals surface area contributed by atoms with Crippen molar-refractivity contribution in [2.45, 2.75) is 94.2 Å². The van der Waals surface area contributed by atoms with Crippen LogP contribution in [0.5, 0.6) is 0 Å². The van der Waals surface area contributed by atoms with Crippen molar-refractivity contribution in [1.82, 2.24) is 19.9 Å². The standard InChI is InChI=1S/C35H42F3N5O7S2/c1-19(2)28-18-51-30(39-28)24-12-9-20(35(36,37)38)14-27(24)40-33(47)50-22-15-25-26(16-22)31(45)43(3)13-7-5-4-6-8-21-17-34(21,41-29(25)44)32(46)42-52(48,49)23-10-11-23/h6,8-9,12,14,18-19,21-23,25-26H,4-5,7,10-11,13,15-17H2,1-3H3,(H,40,47)(H,41,44)(H,42,46)/b8-6-/t21-,22-,25-,26-,34-/m1/s1. The third-order valence-electron chi connectivity index (χ3n) is 10.2. The van der Waals surface area contributed by atoms with E-state index >= 15 is 0 Å². The van der Waals surface area contributed by atoms with Crippen LogP contribution in [0.15, 0.2) is 35.7 Å². The molecule has 3 aliphatic carbocycles. The summed E-state index contributed by atoms with van der Waals surface area (Å²) in [6.07, 6.45) is -0.0628. The molecule has 2 heterocycles. The van der Waals surface area contributed by atoms with Crippen LogP contribution in [-0.2, 0) is 35.3 Å². The van der Waals surface area contributed by atoms with Gasteiger partial charge in [-0.15, -0.1) is 11.3 Å². The summed E-state index contributed by atoms with van der Waals surface area (Å²) in [5, 5.41) is 6.75. The van der Waals surface area contributed by atoms with E-state index < -0.39 is 74.3 Å². The summed E-state index contributed by atoms with van der Waals surface area (Å²) in [4.78, 5) is 60.5. The zero-order valence-electron chi connectivity index (χ0n) is 29.0. The van der Waals surface area contributed by atoms with Gasteiger partial charge < -0.3 is 15.0 Å². The Kier molecular flexibility index (Phi) is 10.5. The molecule has 1 aliphatic heterocycles. The van der Waals surface area contributed by atoms with E-state index in [1.165, 1.54) is 22.3 Å². The van der Waals surface area contributed by atoms with Gasteiger partial charge in [0, 0.05) is 30.5 Å². The summed E-state index contributed by atoms with van der Waals surface area (Å²) in [5.74, 6) is -4.22. The SMILES string of the molecule is CC(C)c1csc(-c2ccc(C(F)(F)F)cc2NC(=O)O[C@@H]2C[C@H]3C(=O)N[C@]4(C(=O)NS(=O)(=O)C5CC5)C[C@H]4/C=C\CCCCN(C)C(=O)[C@@H]3C2)n1. The second-order valence-corrected chi connectivity index (χ2v) is 17.3. The van der Waals surface area contributed by atoms with Gasteiger partial charge in [-0.05, 0) is 75.5 Å². The van der Waals surface area contributed by atoms with Crippen molar-refractivity contribution in [2.75, 3.05) is 18.9 Å². The zero-order chi connectivity index (χ0) is 37.6. The maximum absolute atomic E-state index is 14.0. The first-order valence-corrected chi connectivity index (χ1v) is 19.9. The monoisotopic (exact) mass is 765 g/mol. The molecule has 0 saturated heterocycles. The number of hydrogen-bond donors (Lipinski definition) is 3. The van der Waals surface area contributed by atoms with Gasteiger partial charge >= 0.3 is 12.3 Å². The molecule has 282 valence electrons. The third-order valence-corrected chi connectivity index (χ3v) is 12.9. The number of alkyl halides is 3. The number of halogens is 3. The van der Waals surface area contributed by atoms with Crippen molar-refractivity contribution in [3.8, 4) is 10.6 Å². The molecule has 0 spiro atoms. The number of amides is 4. The first-order valence-electron chi connectivity index (χ1n) is 17.4. The molecule has 4 amide bonds. The second kappa shape index (κ2) is 14.4. The topological polar surface area (TPSA) is 164 Å². The van der Waals surface area contributed by atoms with Crippen LogP contribution in [-0.4, -0.2) is 72.6 Å². The maximum atomic E-state index is 14.0. The molecule has 0 unspecified atom stereocenters. The molecule has 2 aromatic rings. The fourth-order valence-corrected chi connectivity index (χ4v) is 9.25. The molecule has 4 aliphatic rings. The molecule has 1 aromatic carbocycles. The summed E-state index contributed by atoms with van der Waals surface area (Å²) in [7, 11) is -2.29. The summed E-state index contributed by atoms with van der Waals surface area (Å²) in [5.41, 5.74) is -1.68. The number of allylic oxidation sites excluding steroid dienone is 1. The highest BCUT2D eigenvalue weighted by molar-refractivity contribution is 7.91. The molecule has 5 atom stereocenters. The molecule has 0 radical (unpaired) electrons. The van der Waals surface area contributed by atoms with Gasteiger partial charge in [0.15, 0.2) is 0 Å². The van der Waals surface area contributed by atoms with Gasteiger partial charge in [-0.3, -0.25) is 24.4 Å². The van der Waals surface area contributed by atoms with E-state index in [1.54, 1.807) is 12.4 Å². The molecule has 17 heteroatoms. The Hall–Kier alpha value is -3.99. The number of carbonyl (C=O) groups excluding carboxylic acids is 4. The van der Waals surface area contributed by atoms with Crippen LogP contribution in [0.3, 0.4) is 0 Å². The van der Waals surface area contributed by atoms with Gasteiger partial charge in [0.1, 0.15) is 16.7 Å². The summed E-state index contributed by atoms with van der Waals surface area (Å²) >= 11 is 1.22. The average molecular weight is 766 g/mol. The number of fused-ring (bicyclic) bond motifs is 2. The Morgan fingerprint density at radius 2 is 1.87 bits per heavy atom. The highest BCUT2D eigenvalue weighted by Crippen LogP contribution is 2.47. The Morgan fingerprint density at radius 1 is 1.13 bits per heavy atom. The van der Waals surface area contributed by atoms with Gasteiger partial charge in [0.25, 0.3) is 5.91 Å². The quantitative estimate of drug-likeness (QED) is 0.308. The molecular weight excluding hydrogens is 724 g/mol. The largest absolute Gasteiger partial charge is 0.446 e. The molecular formula is C35H42F3N5O7S2. The second-order valence-electron chi connectivity index (χ2n) is 14.5. The van der Waals surface area contributed by atoms with E-state index in [2.05, 4.69) is 20.3 Å². The number of aromatic nitrogens is 1. The van der Waals surface area contributed by atoms with Gasteiger partial charge in [-0.1, -0.05) is 26.0 Å². The van der Waals surface area contributed by atoms with Gasteiger partial charge in [-0.2, -0.15) is 13.2 Å². The number of nitrogens with one attached hydrogen (secondary N) is 3. The Bertz CT molecular complexity index is 1880. The summed E-state index contributed by atoms with van der Waals surface area (Å²) in [6.45, 7) is 4.28. The van der Waals surface area contributed by atoms with E-state index in [-0.39, 0.29) is 42.3 Å². The van der Waals surface area contributed by atoms with Gasteiger partial charge in [0.2, 0.25) is 21.8 Å². The number of thiazole rings is 1. The minimum atomic E-state index is -4.69. The van der Waals surface area contributed by atoms with Crippen molar-refractivity contribution in [3.05, 3.63) is 47.0 Å². The number of nitrogens with zero attached hydrogens (tertiary/aromatic N) is 2. The first-order chi connectivity index (χ1) is 24.5. The number of carbonyl (C=O) groups is 4. The molecule has 12 nitrogen and oxygen atoms in total. The molecule has 52 heavy (non-hydrogen) atoms. The van der Waals surface area contributed by atoms with Crippen LogP contribution < -0.4 is 15.4 Å². The van der Waals surface area contributed by atoms with Crippen molar-refractivity contribution < 1.29 is 45.5 Å². The van der Waals surface area contributed by atoms with Crippen LogP contribution in [0, 0.1) is 17.8 Å². The minimum absolute atomic E-state index is 0.0487. The molecule has 3 N–H and O–H groups in total. The Labute approximate surface area is 304 Å². The molecule has 0 bridgehead atoms. The lowest BCUT2D eigenvalue weighted by Gasteiger charge is -2.26. The number of benzene rings is 1. The van der Waals surface area contributed by atoms with Crippen molar-refractivity contribution in [1.29, 1.82) is 0 Å². The Balaban J connectivity index is 1.22. The highest BCUT2D eigenvalue weighted by atomic mass is 32.2. The van der Waals surface area contributed by atoms with Crippen LogP contribution in [0.1, 0.15) is 82.4 Å². The van der Waals surface area contributed by atoms with E-state index in [0.29, 0.717) is 37.2 Å². The van der Waals surface area contributed by atoms with Gasteiger partial charge in [-0.25, -0.2) is 18.2 Å². The van der Waals surface area contributed by atoms with E-state index in [9.17, 15) is 40.8 Å². The molecule has 6 rings (SSSR count). The maximum Gasteiger partial charge on any atom is 0.416 e.